The number of carbonyl (C=O) groups is 2. The molecule has 4 rings (SSSR count). The summed E-state index contributed by atoms with van der Waals surface area (Å²) in [5.74, 6) is 0.570. The van der Waals surface area contributed by atoms with Gasteiger partial charge in [-0.3, -0.25) is 9.59 Å². The minimum absolute atomic E-state index is 0.0440. The van der Waals surface area contributed by atoms with Gasteiger partial charge in [0.25, 0.3) is 11.8 Å². The molecule has 1 unspecified atom stereocenters. The molecule has 0 aliphatic carbocycles. The molecule has 2 N–H and O–H groups in total. The second kappa shape index (κ2) is 10.1. The van der Waals surface area contributed by atoms with E-state index in [2.05, 4.69) is 10.6 Å². The molecule has 0 spiro atoms. The SMILES string of the molecule is CNC1CCCN(C(=O)c2ccc(NC(=O)c3ccccc3C)cc2C)c2ccc(OC)cc21. The van der Waals surface area contributed by atoms with Gasteiger partial charge in [-0.25, -0.2) is 0 Å². The predicted octanol–water partition coefficient (Wildman–Crippen LogP) is 5.27. The molecule has 1 aliphatic rings. The number of methoxy groups -OCH3 is 1. The van der Waals surface area contributed by atoms with Crippen molar-refractivity contribution in [1.82, 2.24) is 5.32 Å². The quantitative estimate of drug-likeness (QED) is 0.548. The Morgan fingerprint density at radius 3 is 2.47 bits per heavy atom. The van der Waals surface area contributed by atoms with Crippen molar-refractivity contribution in [2.24, 2.45) is 0 Å². The summed E-state index contributed by atoms with van der Waals surface area (Å²) in [4.78, 5) is 28.2. The van der Waals surface area contributed by atoms with Crippen LogP contribution in [0.2, 0.25) is 0 Å². The average molecular weight is 458 g/mol. The van der Waals surface area contributed by atoms with Gasteiger partial charge in [0.2, 0.25) is 0 Å². The highest BCUT2D eigenvalue weighted by Gasteiger charge is 2.28. The number of rotatable bonds is 5. The Labute approximate surface area is 200 Å². The molecule has 0 fully saturated rings. The number of hydrogen-bond donors (Lipinski definition) is 2. The number of carbonyl (C=O) groups excluding carboxylic acids is 2. The number of hydrogen-bond acceptors (Lipinski definition) is 4. The van der Waals surface area contributed by atoms with E-state index in [1.807, 2.05) is 68.3 Å². The first-order valence-corrected chi connectivity index (χ1v) is 11.6. The van der Waals surface area contributed by atoms with Gasteiger partial charge in [-0.2, -0.15) is 0 Å². The summed E-state index contributed by atoms with van der Waals surface area (Å²) in [6.07, 6.45) is 1.82. The van der Waals surface area contributed by atoms with Crippen LogP contribution < -0.4 is 20.3 Å². The summed E-state index contributed by atoms with van der Waals surface area (Å²) >= 11 is 0. The van der Waals surface area contributed by atoms with E-state index in [9.17, 15) is 9.59 Å². The Morgan fingerprint density at radius 1 is 0.971 bits per heavy atom. The van der Waals surface area contributed by atoms with Crippen LogP contribution in [0.4, 0.5) is 11.4 Å². The minimum atomic E-state index is -0.162. The highest BCUT2D eigenvalue weighted by Crippen LogP contribution is 2.36. The number of amides is 2. The Balaban J connectivity index is 1.61. The summed E-state index contributed by atoms with van der Waals surface area (Å²) in [7, 11) is 3.60. The van der Waals surface area contributed by atoms with Crippen LogP contribution in [0.5, 0.6) is 5.75 Å². The van der Waals surface area contributed by atoms with E-state index in [-0.39, 0.29) is 17.9 Å². The van der Waals surface area contributed by atoms with Crippen molar-refractivity contribution in [2.45, 2.75) is 32.7 Å². The number of benzene rings is 3. The number of anilines is 2. The monoisotopic (exact) mass is 457 g/mol. The van der Waals surface area contributed by atoms with E-state index in [1.54, 1.807) is 25.3 Å². The third kappa shape index (κ3) is 4.68. The molecule has 176 valence electrons. The lowest BCUT2D eigenvalue weighted by Gasteiger charge is -2.25. The first kappa shape index (κ1) is 23.5. The number of ether oxygens (including phenoxy) is 1. The van der Waals surface area contributed by atoms with Crippen LogP contribution in [0, 0.1) is 13.8 Å². The van der Waals surface area contributed by atoms with Gasteiger partial charge in [0, 0.05) is 35.1 Å². The van der Waals surface area contributed by atoms with Crippen LogP contribution in [0.25, 0.3) is 0 Å². The van der Waals surface area contributed by atoms with Gasteiger partial charge < -0.3 is 20.3 Å². The normalized spacial score (nSPS) is 15.3. The molecule has 0 bridgehead atoms. The highest BCUT2D eigenvalue weighted by molar-refractivity contribution is 6.09. The second-order valence-corrected chi connectivity index (χ2v) is 8.66. The number of nitrogens with one attached hydrogen (secondary N) is 2. The second-order valence-electron chi connectivity index (χ2n) is 8.66. The molecule has 2 amide bonds. The molecule has 0 saturated carbocycles. The van der Waals surface area contributed by atoms with Gasteiger partial charge in [0.1, 0.15) is 5.75 Å². The molecule has 1 aliphatic heterocycles. The van der Waals surface area contributed by atoms with E-state index in [4.69, 9.17) is 4.74 Å². The average Bonchev–Trinajstić information content (AvgIpc) is 3.02. The predicted molar refractivity (Wildman–Crippen MR) is 136 cm³/mol. The molecule has 34 heavy (non-hydrogen) atoms. The molecule has 0 radical (unpaired) electrons. The van der Waals surface area contributed by atoms with Crippen molar-refractivity contribution in [3.8, 4) is 5.75 Å². The van der Waals surface area contributed by atoms with Crippen LogP contribution in [0.15, 0.2) is 60.7 Å². The number of fused-ring (bicyclic) bond motifs is 1. The van der Waals surface area contributed by atoms with Gasteiger partial charge in [0.15, 0.2) is 0 Å². The zero-order chi connectivity index (χ0) is 24.2. The van der Waals surface area contributed by atoms with Crippen LogP contribution in [0.1, 0.15) is 56.3 Å². The topological polar surface area (TPSA) is 70.7 Å². The van der Waals surface area contributed by atoms with E-state index in [0.717, 1.165) is 41.0 Å². The fourth-order valence-electron chi connectivity index (χ4n) is 4.58. The van der Waals surface area contributed by atoms with Gasteiger partial charge in [-0.15, -0.1) is 0 Å². The fraction of sp³-hybridized carbons (Fsp3) is 0.286. The molecule has 0 saturated heterocycles. The summed E-state index contributed by atoms with van der Waals surface area (Å²) in [6, 6.07) is 19.0. The van der Waals surface area contributed by atoms with Gasteiger partial charge in [0.05, 0.1) is 7.11 Å². The van der Waals surface area contributed by atoms with E-state index < -0.39 is 0 Å². The minimum Gasteiger partial charge on any atom is -0.497 e. The van der Waals surface area contributed by atoms with E-state index in [1.165, 1.54) is 0 Å². The summed E-state index contributed by atoms with van der Waals surface area (Å²) in [6.45, 7) is 4.45. The van der Waals surface area contributed by atoms with Crippen LogP contribution in [-0.4, -0.2) is 32.5 Å². The first-order valence-electron chi connectivity index (χ1n) is 11.6. The molecule has 3 aromatic carbocycles. The molecule has 3 aromatic rings. The Hall–Kier alpha value is -3.64. The lowest BCUT2D eigenvalue weighted by atomic mass is 10.0. The smallest absolute Gasteiger partial charge is 0.258 e. The van der Waals surface area contributed by atoms with Crippen molar-refractivity contribution < 1.29 is 14.3 Å². The standard InChI is InChI=1S/C28H31N3O3/c1-18-8-5-6-9-22(18)27(32)30-20-11-13-23(19(2)16-20)28(33)31-15-7-10-25(29-3)24-17-21(34-4)12-14-26(24)31/h5-6,8-9,11-14,16-17,25,29H,7,10,15H2,1-4H3,(H,30,32). The molecule has 1 atom stereocenters. The van der Waals surface area contributed by atoms with Crippen molar-refractivity contribution >= 4 is 23.2 Å². The maximum atomic E-state index is 13.7. The summed E-state index contributed by atoms with van der Waals surface area (Å²) in [5.41, 5.74) is 5.62. The van der Waals surface area contributed by atoms with Crippen molar-refractivity contribution in [3.05, 3.63) is 88.5 Å². The molecule has 6 heteroatoms. The Kier molecular flexibility index (Phi) is 6.98. The third-order valence-electron chi connectivity index (χ3n) is 6.47. The van der Waals surface area contributed by atoms with Crippen LogP contribution >= 0.6 is 0 Å². The lowest BCUT2D eigenvalue weighted by Crippen LogP contribution is -2.32. The zero-order valence-electron chi connectivity index (χ0n) is 20.1. The van der Waals surface area contributed by atoms with E-state index in [0.29, 0.717) is 23.4 Å². The van der Waals surface area contributed by atoms with Crippen molar-refractivity contribution in [2.75, 3.05) is 30.9 Å². The maximum Gasteiger partial charge on any atom is 0.258 e. The zero-order valence-corrected chi connectivity index (χ0v) is 20.1. The van der Waals surface area contributed by atoms with Crippen molar-refractivity contribution in [3.63, 3.8) is 0 Å². The molecular weight excluding hydrogens is 426 g/mol. The van der Waals surface area contributed by atoms with Crippen LogP contribution in [0.3, 0.4) is 0 Å². The molecular formula is C28H31N3O3. The maximum absolute atomic E-state index is 13.7. The first-order chi connectivity index (χ1) is 16.4. The molecule has 1 heterocycles. The van der Waals surface area contributed by atoms with Gasteiger partial charge in [-0.05, 0) is 92.9 Å². The fourth-order valence-corrected chi connectivity index (χ4v) is 4.58. The number of aryl methyl sites for hydroxylation is 2. The summed E-state index contributed by atoms with van der Waals surface area (Å²) < 4.78 is 5.43. The highest BCUT2D eigenvalue weighted by atomic mass is 16.5. The van der Waals surface area contributed by atoms with Crippen LogP contribution in [-0.2, 0) is 0 Å². The van der Waals surface area contributed by atoms with E-state index >= 15 is 0 Å². The number of nitrogens with zero attached hydrogens (tertiary/aromatic N) is 1. The molecule has 0 aromatic heterocycles. The molecule has 6 nitrogen and oxygen atoms in total. The summed E-state index contributed by atoms with van der Waals surface area (Å²) in [5, 5.41) is 6.32. The Bertz CT molecular complexity index is 1220. The third-order valence-corrected chi connectivity index (χ3v) is 6.47. The largest absolute Gasteiger partial charge is 0.497 e. The lowest BCUT2D eigenvalue weighted by molar-refractivity contribution is 0.0985. The van der Waals surface area contributed by atoms with Crippen molar-refractivity contribution in [1.29, 1.82) is 0 Å². The van der Waals surface area contributed by atoms with Gasteiger partial charge >= 0.3 is 0 Å². The van der Waals surface area contributed by atoms with Gasteiger partial charge in [-0.1, -0.05) is 18.2 Å². The Morgan fingerprint density at radius 2 is 1.76 bits per heavy atom.